The number of hydrogen-bond acceptors (Lipinski definition) is 2. The first-order chi connectivity index (χ1) is 9.37. The molecule has 7 heteroatoms. The van der Waals surface area contributed by atoms with E-state index in [9.17, 15) is 13.2 Å². The van der Waals surface area contributed by atoms with Gasteiger partial charge in [0.25, 0.3) is 0 Å². The molecule has 0 saturated heterocycles. The van der Waals surface area contributed by atoms with Crippen molar-refractivity contribution in [3.63, 3.8) is 0 Å². The fraction of sp³-hybridized carbons (Fsp3) is 0.538. The molecule has 1 unspecified atom stereocenters. The van der Waals surface area contributed by atoms with Gasteiger partial charge in [-0.25, -0.2) is 0 Å². The Kier molecular flexibility index (Phi) is 5.23. The summed E-state index contributed by atoms with van der Waals surface area (Å²) < 4.78 is 48.6. The number of rotatable bonds is 3. The lowest BCUT2D eigenvalue weighted by Gasteiger charge is -2.16. The van der Waals surface area contributed by atoms with Gasteiger partial charge < -0.3 is 9.47 Å². The molecule has 1 aromatic carbocycles. The minimum Gasteiger partial charge on any atom is -0.490 e. The van der Waals surface area contributed by atoms with Gasteiger partial charge in [0.1, 0.15) is 0 Å². The van der Waals surface area contributed by atoms with Crippen molar-refractivity contribution in [1.29, 1.82) is 0 Å². The van der Waals surface area contributed by atoms with E-state index in [1.54, 1.807) is 12.1 Å². The van der Waals surface area contributed by atoms with E-state index in [2.05, 4.69) is 31.9 Å². The summed E-state index contributed by atoms with van der Waals surface area (Å²) in [7, 11) is 0. The molecular formula is C13H13Br2F3O2. The van der Waals surface area contributed by atoms with Crippen LogP contribution >= 0.6 is 31.9 Å². The maximum Gasteiger partial charge on any atom is 0.389 e. The van der Waals surface area contributed by atoms with Gasteiger partial charge in [-0.05, 0) is 24.1 Å². The van der Waals surface area contributed by atoms with Gasteiger partial charge in [-0.2, -0.15) is 13.2 Å². The molecule has 0 fully saturated rings. The topological polar surface area (TPSA) is 18.5 Å². The third-order valence-corrected chi connectivity index (χ3v) is 4.52. The molecule has 0 aromatic heterocycles. The van der Waals surface area contributed by atoms with Gasteiger partial charge >= 0.3 is 6.18 Å². The molecule has 0 amide bonds. The van der Waals surface area contributed by atoms with Crippen LogP contribution in [0.15, 0.2) is 16.6 Å². The maximum atomic E-state index is 12.3. The molecule has 1 aliphatic rings. The average Bonchev–Trinajstić information content (AvgIpc) is 2.58. The van der Waals surface area contributed by atoms with Gasteiger partial charge in [0, 0.05) is 22.1 Å². The van der Waals surface area contributed by atoms with E-state index >= 15 is 0 Å². The van der Waals surface area contributed by atoms with Crippen molar-refractivity contribution in [2.24, 2.45) is 0 Å². The molecule has 1 aliphatic heterocycles. The maximum absolute atomic E-state index is 12.3. The highest BCUT2D eigenvalue weighted by atomic mass is 79.9. The zero-order valence-electron chi connectivity index (χ0n) is 10.5. The molecule has 2 nitrogen and oxygen atoms in total. The Bertz CT molecular complexity index is 477. The van der Waals surface area contributed by atoms with Crippen molar-refractivity contribution < 1.29 is 22.6 Å². The zero-order chi connectivity index (χ0) is 14.8. The van der Waals surface area contributed by atoms with Crippen LogP contribution in [0.25, 0.3) is 0 Å². The summed E-state index contributed by atoms with van der Waals surface area (Å²) in [6.07, 6.45) is -4.22. The van der Waals surface area contributed by atoms with E-state index in [-0.39, 0.29) is 6.42 Å². The molecule has 1 aromatic rings. The summed E-state index contributed by atoms with van der Waals surface area (Å²) in [5.74, 6) is 1.20. The molecule has 2 rings (SSSR count). The lowest BCUT2D eigenvalue weighted by atomic mass is 10.1. The highest BCUT2D eigenvalue weighted by Crippen LogP contribution is 2.42. The molecule has 0 N–H and O–H groups in total. The Morgan fingerprint density at radius 3 is 2.35 bits per heavy atom. The zero-order valence-corrected chi connectivity index (χ0v) is 13.6. The largest absolute Gasteiger partial charge is 0.490 e. The van der Waals surface area contributed by atoms with E-state index in [0.717, 1.165) is 12.0 Å². The van der Waals surface area contributed by atoms with E-state index in [1.807, 2.05) is 0 Å². The molecule has 1 atom stereocenters. The summed E-state index contributed by atoms with van der Waals surface area (Å²) in [5, 5.41) is 0. The normalized spacial score (nSPS) is 16.6. The third kappa shape index (κ3) is 4.28. The molecule has 0 aliphatic carbocycles. The monoisotopic (exact) mass is 416 g/mol. The smallest absolute Gasteiger partial charge is 0.389 e. The minimum absolute atomic E-state index is 0.0260. The van der Waals surface area contributed by atoms with Gasteiger partial charge in [-0.1, -0.05) is 31.9 Å². The lowest BCUT2D eigenvalue weighted by Crippen LogP contribution is -2.08. The summed E-state index contributed by atoms with van der Waals surface area (Å²) in [6.45, 7) is 1.12. The first-order valence-electron chi connectivity index (χ1n) is 6.16. The average molecular weight is 418 g/mol. The van der Waals surface area contributed by atoms with Crippen LogP contribution < -0.4 is 9.47 Å². The van der Waals surface area contributed by atoms with Crippen molar-refractivity contribution in [3.05, 3.63) is 22.2 Å². The second-order valence-electron chi connectivity index (χ2n) is 4.49. The predicted octanol–water partition coefficient (Wildman–Crippen LogP) is 5.39. The Morgan fingerprint density at radius 2 is 1.75 bits per heavy atom. The van der Waals surface area contributed by atoms with Crippen molar-refractivity contribution in [2.45, 2.75) is 30.3 Å². The number of fused-ring (bicyclic) bond motifs is 1. The Morgan fingerprint density at radius 1 is 1.15 bits per heavy atom. The van der Waals surface area contributed by atoms with E-state index in [0.29, 0.717) is 29.2 Å². The van der Waals surface area contributed by atoms with Crippen molar-refractivity contribution >= 4 is 31.9 Å². The summed E-state index contributed by atoms with van der Waals surface area (Å²) in [5.41, 5.74) is 0.735. The molecular weight excluding hydrogens is 405 g/mol. The third-order valence-electron chi connectivity index (χ3n) is 2.89. The molecule has 112 valence electrons. The molecule has 1 heterocycles. The number of hydrogen-bond donors (Lipinski definition) is 0. The van der Waals surface area contributed by atoms with Crippen LogP contribution in [-0.4, -0.2) is 19.4 Å². The molecule has 0 radical (unpaired) electrons. The van der Waals surface area contributed by atoms with E-state index in [1.165, 1.54) is 0 Å². The summed E-state index contributed by atoms with van der Waals surface area (Å²) >= 11 is 6.69. The van der Waals surface area contributed by atoms with Crippen molar-refractivity contribution in [2.75, 3.05) is 13.2 Å². The van der Waals surface area contributed by atoms with Gasteiger partial charge in [-0.15, -0.1) is 0 Å². The fourth-order valence-electron chi connectivity index (χ4n) is 1.89. The second kappa shape index (κ2) is 6.56. The Hall–Kier alpha value is -0.430. The van der Waals surface area contributed by atoms with Gasteiger partial charge in [0.15, 0.2) is 11.5 Å². The fourth-order valence-corrected chi connectivity index (χ4v) is 3.40. The summed E-state index contributed by atoms with van der Waals surface area (Å²) in [6, 6.07) is 3.48. The Balaban J connectivity index is 2.17. The van der Waals surface area contributed by atoms with Crippen molar-refractivity contribution in [3.8, 4) is 11.5 Å². The lowest BCUT2D eigenvalue weighted by molar-refractivity contribution is -0.135. The molecule has 0 bridgehead atoms. The SMILES string of the molecule is FC(F)(F)CCC(Br)c1cc2c(cc1Br)OCCCO2. The second-order valence-corrected chi connectivity index (χ2v) is 6.45. The first kappa shape index (κ1) is 15.9. The first-order valence-corrected chi connectivity index (χ1v) is 7.87. The van der Waals surface area contributed by atoms with Gasteiger partial charge in [0.2, 0.25) is 0 Å². The van der Waals surface area contributed by atoms with Crippen LogP contribution in [0.1, 0.15) is 29.7 Å². The van der Waals surface area contributed by atoms with Crippen LogP contribution in [0.5, 0.6) is 11.5 Å². The number of alkyl halides is 4. The van der Waals surface area contributed by atoms with Crippen LogP contribution in [0.2, 0.25) is 0 Å². The quantitative estimate of drug-likeness (QED) is 0.614. The highest BCUT2D eigenvalue weighted by Gasteiger charge is 2.29. The highest BCUT2D eigenvalue weighted by molar-refractivity contribution is 9.11. The number of benzene rings is 1. The van der Waals surface area contributed by atoms with Gasteiger partial charge in [0.05, 0.1) is 13.2 Å². The minimum atomic E-state index is -4.15. The van der Waals surface area contributed by atoms with Crippen LogP contribution in [0, 0.1) is 0 Å². The number of ether oxygens (including phenoxy) is 2. The predicted molar refractivity (Wildman–Crippen MR) is 76.7 cm³/mol. The van der Waals surface area contributed by atoms with Crippen molar-refractivity contribution in [1.82, 2.24) is 0 Å². The molecule has 20 heavy (non-hydrogen) atoms. The molecule has 0 saturated carbocycles. The van der Waals surface area contributed by atoms with Gasteiger partial charge in [-0.3, -0.25) is 0 Å². The van der Waals surface area contributed by atoms with Crippen LogP contribution in [-0.2, 0) is 0 Å². The van der Waals surface area contributed by atoms with E-state index < -0.39 is 17.4 Å². The van der Waals surface area contributed by atoms with E-state index in [4.69, 9.17) is 9.47 Å². The van der Waals surface area contributed by atoms with Crippen LogP contribution in [0.3, 0.4) is 0 Å². The number of halogens is 5. The Labute approximate surface area is 131 Å². The standard InChI is InChI=1S/C13H13Br2F3O2/c14-9(2-3-13(16,17)18)8-6-11-12(7-10(8)15)20-5-1-4-19-11/h6-7,9H,1-5H2. The molecule has 0 spiro atoms. The van der Waals surface area contributed by atoms with Crippen LogP contribution in [0.4, 0.5) is 13.2 Å². The summed E-state index contributed by atoms with van der Waals surface area (Å²) in [4.78, 5) is -0.393.